The molecule has 9 heteroatoms. The van der Waals surface area contributed by atoms with Crippen LogP contribution in [0, 0.1) is 0 Å². The van der Waals surface area contributed by atoms with Crippen LogP contribution in [-0.4, -0.2) is 29.8 Å². The van der Waals surface area contributed by atoms with Gasteiger partial charge in [0.15, 0.2) is 11.5 Å². The number of likely N-dealkylation sites (N-methyl/N-ethyl adjacent to an activating group) is 1. The Hall–Kier alpha value is -0.500. The first-order chi connectivity index (χ1) is 10.8. The van der Waals surface area contributed by atoms with Crippen molar-refractivity contribution in [1.29, 1.82) is 0 Å². The zero-order valence-electron chi connectivity index (χ0n) is 13.9. The fraction of sp³-hybridized carbons (Fsp3) is 0.133. The number of nitrogens with zero attached hydrogens (tertiary/aromatic N) is 1. The van der Waals surface area contributed by atoms with Gasteiger partial charge in [0, 0.05) is 23.2 Å². The molecule has 0 fully saturated rings. The van der Waals surface area contributed by atoms with E-state index in [2.05, 4.69) is 0 Å². The van der Waals surface area contributed by atoms with E-state index in [1.165, 1.54) is 19.2 Å². The molecule has 0 radical (unpaired) electrons. The minimum Gasteiger partial charge on any atom is -1.00 e. The first-order valence-corrected chi connectivity index (χ1v) is 7.51. The number of hydroxylamine groups is 2. The Bertz CT molecular complexity index is 734. The Labute approximate surface area is 177 Å². The van der Waals surface area contributed by atoms with Crippen molar-refractivity contribution in [3.63, 3.8) is 0 Å². The van der Waals surface area contributed by atoms with Gasteiger partial charge in [-0.25, -0.2) is 0 Å². The smallest absolute Gasteiger partial charge is 1.00 e. The van der Waals surface area contributed by atoms with Gasteiger partial charge in [-0.2, -0.15) is 5.06 Å². The summed E-state index contributed by atoms with van der Waals surface area (Å²) in [7, 11) is 1.32. The van der Waals surface area contributed by atoms with Crippen LogP contribution in [0.25, 0.3) is 0 Å². The fourth-order valence-corrected chi connectivity index (χ4v) is 2.27. The molecule has 0 amide bonds. The molecule has 0 spiro atoms. The molecule has 0 aliphatic heterocycles. The monoisotopic (exact) mass is 399 g/mol. The van der Waals surface area contributed by atoms with Gasteiger partial charge in [0.2, 0.25) is 0 Å². The second-order valence-corrected chi connectivity index (χ2v) is 5.84. The van der Waals surface area contributed by atoms with Crippen LogP contribution < -0.4 is 39.0 Å². The molecule has 0 heterocycles. The van der Waals surface area contributed by atoms with Crippen molar-refractivity contribution < 1.29 is 50.5 Å². The second-order valence-electron chi connectivity index (χ2n) is 4.56. The summed E-state index contributed by atoms with van der Waals surface area (Å²) >= 11 is 17.8. The molecule has 0 unspecified atom stereocenters. The number of rotatable bonds is 5. The van der Waals surface area contributed by atoms with Gasteiger partial charge in [-0.05, 0) is 30.3 Å². The first kappa shape index (κ1) is 21.5. The van der Waals surface area contributed by atoms with Crippen LogP contribution in [0.15, 0.2) is 36.4 Å². The van der Waals surface area contributed by atoms with Gasteiger partial charge in [0.25, 0.3) is 0 Å². The van der Waals surface area contributed by atoms with Gasteiger partial charge in [-0.1, -0.05) is 34.8 Å². The van der Waals surface area contributed by atoms with E-state index < -0.39 is 5.97 Å². The third kappa shape index (κ3) is 6.43. The molecule has 0 saturated heterocycles. The van der Waals surface area contributed by atoms with Gasteiger partial charge >= 0.3 is 35.5 Å². The topological polar surface area (TPSA) is 59.0 Å². The van der Waals surface area contributed by atoms with Crippen molar-refractivity contribution in [2.24, 2.45) is 0 Å². The zero-order chi connectivity index (χ0) is 17.0. The molecule has 1 N–H and O–H groups in total. The third-order valence-corrected chi connectivity index (χ3v) is 3.37. The summed E-state index contributed by atoms with van der Waals surface area (Å²) in [6.45, 7) is -0.312. The molecule has 2 aromatic carbocycles. The molecule has 5 nitrogen and oxygen atoms in total. The molecule has 124 valence electrons. The van der Waals surface area contributed by atoms with Crippen molar-refractivity contribution in [3.8, 4) is 17.2 Å². The first-order valence-electron chi connectivity index (χ1n) is 6.38. The predicted octanol–water partition coefficient (Wildman–Crippen LogP) is 1.78. The molecular weight excluding hydrogens is 388 g/mol. The molecule has 0 saturated carbocycles. The van der Waals surface area contributed by atoms with Crippen LogP contribution in [0.5, 0.6) is 17.2 Å². The standard InChI is InChI=1S/C15H12Cl3NO4.Na.H/c1-19(21)8-15(20)23-14-7-10(17)3-5-13(14)22-12-4-2-9(16)6-11(12)18;;/h2-7,21H,8H2,1H3;;/q;+1;-1. The Morgan fingerprint density at radius 3 is 2.25 bits per heavy atom. The van der Waals surface area contributed by atoms with Gasteiger partial charge in [0.05, 0.1) is 5.02 Å². The number of esters is 1. The minimum absolute atomic E-state index is 0. The Balaban J connectivity index is 0.00000288. The van der Waals surface area contributed by atoms with Crippen LogP contribution >= 0.6 is 34.8 Å². The Morgan fingerprint density at radius 1 is 1.08 bits per heavy atom. The third-order valence-electron chi connectivity index (χ3n) is 2.60. The molecule has 24 heavy (non-hydrogen) atoms. The van der Waals surface area contributed by atoms with Gasteiger partial charge < -0.3 is 16.1 Å². The molecule has 2 aromatic rings. The van der Waals surface area contributed by atoms with Crippen LogP contribution in [0.3, 0.4) is 0 Å². The number of carbonyl (C=O) groups excluding carboxylic acids is 1. The number of hydrogen-bond acceptors (Lipinski definition) is 5. The quantitative estimate of drug-likeness (QED) is 0.359. The number of benzene rings is 2. The second kappa shape index (κ2) is 9.85. The van der Waals surface area contributed by atoms with E-state index >= 15 is 0 Å². The average Bonchev–Trinajstić information content (AvgIpc) is 2.43. The number of carbonyl (C=O) groups is 1. The largest absolute Gasteiger partial charge is 1.00 e. The number of halogens is 3. The minimum atomic E-state index is -0.677. The summed E-state index contributed by atoms with van der Waals surface area (Å²) in [5.41, 5.74) is 0. The maximum absolute atomic E-state index is 11.7. The van der Waals surface area contributed by atoms with E-state index in [0.717, 1.165) is 0 Å². The maximum Gasteiger partial charge on any atom is 1.00 e. The van der Waals surface area contributed by atoms with Crippen molar-refractivity contribution in [1.82, 2.24) is 5.06 Å². The van der Waals surface area contributed by atoms with Crippen LogP contribution in [0.1, 0.15) is 1.43 Å². The SMILES string of the molecule is CN(O)CC(=O)Oc1cc(Cl)ccc1Oc1ccc(Cl)cc1Cl.[H-].[Na+]. The van der Waals surface area contributed by atoms with E-state index in [-0.39, 0.29) is 49.0 Å². The summed E-state index contributed by atoms with van der Waals surface area (Å²) in [6, 6.07) is 9.28. The summed E-state index contributed by atoms with van der Waals surface area (Å²) in [4.78, 5) is 11.7. The summed E-state index contributed by atoms with van der Waals surface area (Å²) < 4.78 is 10.8. The maximum atomic E-state index is 11.7. The normalized spacial score (nSPS) is 10.2. The molecule has 0 aliphatic rings. The molecule has 2 rings (SSSR count). The molecule has 0 atom stereocenters. The molecular formula is C15H13Cl3NNaO4. The van der Waals surface area contributed by atoms with E-state index in [0.29, 0.717) is 25.9 Å². The summed E-state index contributed by atoms with van der Waals surface area (Å²) in [5.74, 6) is 0.0159. The van der Waals surface area contributed by atoms with Crippen molar-refractivity contribution in [2.45, 2.75) is 0 Å². The van der Waals surface area contributed by atoms with Gasteiger partial charge in [-0.3, -0.25) is 4.79 Å². The van der Waals surface area contributed by atoms with E-state index in [4.69, 9.17) is 49.5 Å². The van der Waals surface area contributed by atoms with Crippen molar-refractivity contribution in [2.75, 3.05) is 13.6 Å². The van der Waals surface area contributed by atoms with Crippen LogP contribution in [0.4, 0.5) is 0 Å². The van der Waals surface area contributed by atoms with Crippen molar-refractivity contribution >= 4 is 40.8 Å². The Kier molecular flexibility index (Phi) is 8.84. The zero-order valence-corrected chi connectivity index (χ0v) is 17.2. The molecule has 0 bridgehead atoms. The number of ether oxygens (including phenoxy) is 2. The molecule has 0 aliphatic carbocycles. The van der Waals surface area contributed by atoms with Crippen LogP contribution in [-0.2, 0) is 4.79 Å². The summed E-state index contributed by atoms with van der Waals surface area (Å²) in [5, 5.41) is 10.9. The average molecular weight is 401 g/mol. The van der Waals surface area contributed by atoms with E-state index in [1.54, 1.807) is 24.3 Å². The van der Waals surface area contributed by atoms with Crippen molar-refractivity contribution in [3.05, 3.63) is 51.5 Å². The van der Waals surface area contributed by atoms with E-state index in [9.17, 15) is 4.79 Å². The fourth-order valence-electron chi connectivity index (χ4n) is 1.66. The van der Waals surface area contributed by atoms with E-state index in [1.807, 2.05) is 0 Å². The summed E-state index contributed by atoms with van der Waals surface area (Å²) in [6.07, 6.45) is 0. The Morgan fingerprint density at radius 2 is 1.67 bits per heavy atom. The number of hydrogen-bond donors (Lipinski definition) is 1. The van der Waals surface area contributed by atoms with Gasteiger partial charge in [-0.15, -0.1) is 0 Å². The van der Waals surface area contributed by atoms with Crippen LogP contribution in [0.2, 0.25) is 15.1 Å². The van der Waals surface area contributed by atoms with Gasteiger partial charge in [0.1, 0.15) is 12.3 Å². The predicted molar refractivity (Wildman–Crippen MR) is 89.2 cm³/mol. The molecule has 0 aromatic heterocycles.